The van der Waals surface area contributed by atoms with Crippen LogP contribution in [0.1, 0.15) is 62.7 Å². The van der Waals surface area contributed by atoms with Gasteiger partial charge >= 0.3 is 0 Å². The van der Waals surface area contributed by atoms with Gasteiger partial charge < -0.3 is 4.74 Å². The predicted molar refractivity (Wildman–Crippen MR) is 87.4 cm³/mol. The van der Waals surface area contributed by atoms with Gasteiger partial charge in [-0.3, -0.25) is 0 Å². The van der Waals surface area contributed by atoms with E-state index in [-0.39, 0.29) is 5.60 Å². The number of halogens is 1. The van der Waals surface area contributed by atoms with E-state index in [0.717, 1.165) is 11.2 Å². The molecular formula is C18H25BrO. The van der Waals surface area contributed by atoms with Gasteiger partial charge in [-0.2, -0.15) is 0 Å². The Hall–Kier alpha value is -0.340. The maximum absolute atomic E-state index is 6.70. The van der Waals surface area contributed by atoms with Crippen LogP contribution in [-0.4, -0.2) is 10.9 Å². The second-order valence-corrected chi connectivity index (χ2v) is 7.26. The third-order valence-corrected chi connectivity index (χ3v) is 6.16. The number of ether oxygens (including phenoxy) is 1. The first-order chi connectivity index (χ1) is 9.72. The Kier molecular flexibility index (Phi) is 4.52. The molecule has 0 radical (unpaired) electrons. The number of fused-ring (bicyclic) bond motifs is 1. The van der Waals surface area contributed by atoms with E-state index in [0.29, 0.717) is 6.10 Å². The summed E-state index contributed by atoms with van der Waals surface area (Å²) >= 11 is 3.73. The highest BCUT2D eigenvalue weighted by molar-refractivity contribution is 9.09. The molecule has 0 saturated heterocycles. The first kappa shape index (κ1) is 14.6. The van der Waals surface area contributed by atoms with Gasteiger partial charge in [-0.15, -0.1) is 0 Å². The van der Waals surface area contributed by atoms with Crippen molar-refractivity contribution in [2.24, 2.45) is 5.92 Å². The van der Waals surface area contributed by atoms with Crippen molar-refractivity contribution in [3.63, 3.8) is 0 Å². The standard InChI is InChI=1S/C18H25BrO/c1-14-9-11-18(13-19,12-10-14)20-17-8-4-6-15-5-2-3-7-16(15)17/h2-3,5,7,14,17H,4,6,8-13H2,1H3. The zero-order valence-corrected chi connectivity index (χ0v) is 14.0. The average molecular weight is 337 g/mol. The SMILES string of the molecule is CC1CCC(CBr)(OC2CCCc3ccccc32)CC1. The number of rotatable bonds is 3. The molecule has 3 rings (SSSR count). The Morgan fingerprint density at radius 2 is 1.95 bits per heavy atom. The molecule has 2 aliphatic carbocycles. The Morgan fingerprint density at radius 1 is 1.20 bits per heavy atom. The Balaban J connectivity index is 1.77. The highest BCUT2D eigenvalue weighted by atomic mass is 79.9. The second kappa shape index (κ2) is 6.19. The van der Waals surface area contributed by atoms with Gasteiger partial charge in [-0.25, -0.2) is 0 Å². The van der Waals surface area contributed by atoms with E-state index in [2.05, 4.69) is 47.1 Å². The third kappa shape index (κ3) is 2.96. The maximum Gasteiger partial charge on any atom is 0.0835 e. The Labute approximate surface area is 131 Å². The van der Waals surface area contributed by atoms with Crippen molar-refractivity contribution in [3.05, 3.63) is 35.4 Å². The summed E-state index contributed by atoms with van der Waals surface area (Å²) < 4.78 is 6.70. The lowest BCUT2D eigenvalue weighted by Gasteiger charge is -2.42. The summed E-state index contributed by atoms with van der Waals surface area (Å²) in [5, 5.41) is 0.978. The highest BCUT2D eigenvalue weighted by Gasteiger charge is 2.37. The van der Waals surface area contributed by atoms with Gasteiger partial charge in [0.05, 0.1) is 11.7 Å². The number of hydrogen-bond acceptors (Lipinski definition) is 1. The zero-order valence-electron chi connectivity index (χ0n) is 12.4. The molecule has 0 aromatic heterocycles. The Morgan fingerprint density at radius 3 is 2.70 bits per heavy atom. The van der Waals surface area contributed by atoms with Gasteiger partial charge in [-0.1, -0.05) is 47.1 Å². The molecule has 0 spiro atoms. The van der Waals surface area contributed by atoms with Crippen LogP contribution in [0.25, 0.3) is 0 Å². The van der Waals surface area contributed by atoms with Crippen molar-refractivity contribution in [2.45, 2.75) is 63.6 Å². The van der Waals surface area contributed by atoms with Gasteiger partial charge in [-0.05, 0) is 62.0 Å². The molecule has 0 bridgehead atoms. The van der Waals surface area contributed by atoms with Crippen molar-refractivity contribution in [2.75, 3.05) is 5.33 Å². The van der Waals surface area contributed by atoms with Crippen LogP contribution in [0.5, 0.6) is 0 Å². The molecule has 2 heteroatoms. The van der Waals surface area contributed by atoms with E-state index in [1.165, 1.54) is 56.1 Å². The zero-order chi connectivity index (χ0) is 14.0. The lowest BCUT2D eigenvalue weighted by Crippen LogP contribution is -2.40. The maximum atomic E-state index is 6.70. The fourth-order valence-electron chi connectivity index (χ4n) is 3.70. The van der Waals surface area contributed by atoms with Crippen LogP contribution in [0.2, 0.25) is 0 Å². The van der Waals surface area contributed by atoms with E-state index >= 15 is 0 Å². The van der Waals surface area contributed by atoms with Crippen LogP contribution in [0.15, 0.2) is 24.3 Å². The molecule has 1 fully saturated rings. The van der Waals surface area contributed by atoms with E-state index in [1.807, 2.05) is 0 Å². The van der Waals surface area contributed by atoms with Gasteiger partial charge in [0, 0.05) is 5.33 Å². The van der Waals surface area contributed by atoms with Crippen LogP contribution in [0.4, 0.5) is 0 Å². The molecule has 1 atom stereocenters. The van der Waals surface area contributed by atoms with Gasteiger partial charge in [0.25, 0.3) is 0 Å². The molecule has 0 N–H and O–H groups in total. The number of benzene rings is 1. The molecule has 0 amide bonds. The van der Waals surface area contributed by atoms with Crippen LogP contribution in [0.3, 0.4) is 0 Å². The van der Waals surface area contributed by atoms with Crippen molar-refractivity contribution in [3.8, 4) is 0 Å². The summed E-state index contributed by atoms with van der Waals surface area (Å²) in [6.07, 6.45) is 8.99. The molecule has 1 unspecified atom stereocenters. The fraction of sp³-hybridized carbons (Fsp3) is 0.667. The molecule has 2 aliphatic rings. The number of hydrogen-bond donors (Lipinski definition) is 0. The van der Waals surface area contributed by atoms with Gasteiger partial charge in [0.1, 0.15) is 0 Å². The van der Waals surface area contributed by atoms with Gasteiger partial charge in [0.2, 0.25) is 0 Å². The Bertz CT molecular complexity index is 448. The lowest BCUT2D eigenvalue weighted by atomic mass is 9.80. The normalized spacial score (nSPS) is 33.7. The average Bonchev–Trinajstić information content (AvgIpc) is 2.50. The molecule has 20 heavy (non-hydrogen) atoms. The molecule has 0 aliphatic heterocycles. The summed E-state index contributed by atoms with van der Waals surface area (Å²) in [5.74, 6) is 0.865. The second-order valence-electron chi connectivity index (χ2n) is 6.70. The molecule has 110 valence electrons. The summed E-state index contributed by atoms with van der Waals surface area (Å²) in [6.45, 7) is 2.37. The van der Waals surface area contributed by atoms with E-state index in [4.69, 9.17) is 4.74 Å². The summed E-state index contributed by atoms with van der Waals surface area (Å²) in [6, 6.07) is 8.86. The lowest BCUT2D eigenvalue weighted by molar-refractivity contribution is -0.110. The predicted octanol–water partition coefficient (Wildman–Crippen LogP) is 5.42. The van der Waals surface area contributed by atoms with E-state index in [1.54, 1.807) is 0 Å². The number of aryl methyl sites for hydroxylation is 1. The topological polar surface area (TPSA) is 9.23 Å². The van der Waals surface area contributed by atoms with Gasteiger partial charge in [0.15, 0.2) is 0 Å². The minimum absolute atomic E-state index is 0.0711. The number of alkyl halides is 1. The minimum atomic E-state index is 0.0711. The van der Waals surface area contributed by atoms with Crippen LogP contribution in [-0.2, 0) is 11.2 Å². The largest absolute Gasteiger partial charge is 0.366 e. The monoisotopic (exact) mass is 336 g/mol. The fourth-order valence-corrected chi connectivity index (χ4v) is 4.40. The first-order valence-electron chi connectivity index (χ1n) is 8.04. The molecular weight excluding hydrogens is 312 g/mol. The molecule has 1 aromatic rings. The van der Waals surface area contributed by atoms with Crippen LogP contribution < -0.4 is 0 Å². The summed E-state index contributed by atoms with van der Waals surface area (Å²) in [4.78, 5) is 0. The van der Waals surface area contributed by atoms with Crippen LogP contribution in [0, 0.1) is 5.92 Å². The van der Waals surface area contributed by atoms with Crippen molar-refractivity contribution in [1.29, 1.82) is 0 Å². The highest BCUT2D eigenvalue weighted by Crippen LogP contribution is 2.42. The van der Waals surface area contributed by atoms with Crippen molar-refractivity contribution in [1.82, 2.24) is 0 Å². The molecule has 1 aromatic carbocycles. The molecule has 0 heterocycles. The third-order valence-electron chi connectivity index (χ3n) is 5.14. The summed E-state index contributed by atoms with van der Waals surface area (Å²) in [7, 11) is 0. The van der Waals surface area contributed by atoms with E-state index in [9.17, 15) is 0 Å². The smallest absolute Gasteiger partial charge is 0.0835 e. The summed E-state index contributed by atoms with van der Waals surface area (Å²) in [5.41, 5.74) is 3.01. The molecule has 1 nitrogen and oxygen atoms in total. The van der Waals surface area contributed by atoms with Crippen molar-refractivity contribution >= 4 is 15.9 Å². The minimum Gasteiger partial charge on any atom is -0.366 e. The van der Waals surface area contributed by atoms with Crippen LogP contribution >= 0.6 is 15.9 Å². The van der Waals surface area contributed by atoms with E-state index < -0.39 is 0 Å². The quantitative estimate of drug-likeness (QED) is 0.669. The molecule has 1 saturated carbocycles. The van der Waals surface area contributed by atoms with Crippen molar-refractivity contribution < 1.29 is 4.74 Å². The first-order valence-corrected chi connectivity index (χ1v) is 9.16.